The zero-order valence-corrected chi connectivity index (χ0v) is 16.2. The van der Waals surface area contributed by atoms with Crippen molar-refractivity contribution >= 4 is 23.2 Å². The van der Waals surface area contributed by atoms with Crippen LogP contribution < -0.4 is 10.6 Å². The zero-order chi connectivity index (χ0) is 18.8. The Morgan fingerprint density at radius 3 is 2.93 bits per heavy atom. The summed E-state index contributed by atoms with van der Waals surface area (Å²) < 4.78 is 7.21. The fourth-order valence-corrected chi connectivity index (χ4v) is 3.93. The van der Waals surface area contributed by atoms with E-state index >= 15 is 0 Å². The van der Waals surface area contributed by atoms with Gasteiger partial charge in [-0.2, -0.15) is 10.1 Å². The fraction of sp³-hybridized carbons (Fsp3) is 0.444. The van der Waals surface area contributed by atoms with Gasteiger partial charge >= 0.3 is 0 Å². The van der Waals surface area contributed by atoms with E-state index < -0.39 is 0 Å². The molecule has 2 N–H and O–H groups in total. The number of nitrogens with zero attached hydrogens (tertiary/aromatic N) is 4. The maximum atomic E-state index is 12.4. The minimum Gasteiger partial charge on any atom is -0.459 e. The van der Waals surface area contributed by atoms with Crippen molar-refractivity contribution in [3.8, 4) is 10.8 Å². The summed E-state index contributed by atoms with van der Waals surface area (Å²) in [5, 5.41) is 13.3. The van der Waals surface area contributed by atoms with E-state index in [-0.39, 0.29) is 12.3 Å². The monoisotopic (exact) mass is 386 g/mol. The van der Waals surface area contributed by atoms with E-state index in [1.165, 1.54) is 11.3 Å². The van der Waals surface area contributed by atoms with Gasteiger partial charge in [-0.25, -0.2) is 9.67 Å². The van der Waals surface area contributed by atoms with Crippen molar-refractivity contribution in [3.05, 3.63) is 34.8 Å². The first-order chi connectivity index (χ1) is 13.1. The quantitative estimate of drug-likeness (QED) is 0.699. The van der Waals surface area contributed by atoms with Crippen LogP contribution in [0.15, 0.2) is 21.9 Å². The number of furan rings is 1. The van der Waals surface area contributed by atoms with Gasteiger partial charge in [0.15, 0.2) is 16.6 Å². The van der Waals surface area contributed by atoms with Crippen LogP contribution in [0.1, 0.15) is 36.0 Å². The maximum absolute atomic E-state index is 12.4. The van der Waals surface area contributed by atoms with Crippen molar-refractivity contribution in [2.45, 2.75) is 32.1 Å². The number of nitrogens with one attached hydrogen (secondary N) is 2. The molecule has 3 aromatic heterocycles. The average molecular weight is 386 g/mol. The summed E-state index contributed by atoms with van der Waals surface area (Å²) in [6.45, 7) is 3.85. The Balaban J connectivity index is 1.39. The molecular formula is C18H22N6O2S. The number of hydrogen-bond donors (Lipinski definition) is 2. The molecule has 3 aromatic rings. The van der Waals surface area contributed by atoms with Crippen LogP contribution in [0.2, 0.25) is 0 Å². The molecule has 27 heavy (non-hydrogen) atoms. The average Bonchev–Trinajstić information content (AvgIpc) is 3.37. The molecule has 1 fully saturated rings. The Labute approximate surface area is 161 Å². The number of aryl methyl sites for hydroxylation is 2. The van der Waals surface area contributed by atoms with Crippen LogP contribution in [0.25, 0.3) is 10.8 Å². The molecule has 1 saturated heterocycles. The van der Waals surface area contributed by atoms with Crippen molar-refractivity contribution in [2.75, 3.05) is 18.4 Å². The number of amides is 1. The molecule has 0 unspecified atom stereocenters. The Morgan fingerprint density at radius 1 is 1.37 bits per heavy atom. The van der Waals surface area contributed by atoms with Crippen molar-refractivity contribution < 1.29 is 9.21 Å². The van der Waals surface area contributed by atoms with Crippen LogP contribution >= 0.6 is 11.3 Å². The van der Waals surface area contributed by atoms with Gasteiger partial charge in [0.2, 0.25) is 11.9 Å². The van der Waals surface area contributed by atoms with Gasteiger partial charge in [0.1, 0.15) is 5.76 Å². The van der Waals surface area contributed by atoms with Crippen LogP contribution in [0.5, 0.6) is 0 Å². The van der Waals surface area contributed by atoms with Gasteiger partial charge in [-0.1, -0.05) is 0 Å². The van der Waals surface area contributed by atoms with Crippen molar-refractivity contribution in [2.24, 2.45) is 7.05 Å². The second kappa shape index (κ2) is 7.61. The highest BCUT2D eigenvalue weighted by molar-refractivity contribution is 7.13. The predicted molar refractivity (Wildman–Crippen MR) is 103 cm³/mol. The number of anilines is 1. The van der Waals surface area contributed by atoms with E-state index in [2.05, 4.69) is 25.7 Å². The van der Waals surface area contributed by atoms with Crippen LogP contribution in [0.4, 0.5) is 5.95 Å². The second-order valence-electron chi connectivity index (χ2n) is 6.72. The van der Waals surface area contributed by atoms with Gasteiger partial charge in [0, 0.05) is 18.3 Å². The Bertz CT molecular complexity index is 937. The topological polar surface area (TPSA) is 97.9 Å². The first-order valence-corrected chi connectivity index (χ1v) is 9.89. The highest BCUT2D eigenvalue weighted by Gasteiger charge is 2.21. The summed E-state index contributed by atoms with van der Waals surface area (Å²) in [4.78, 5) is 21.4. The molecule has 9 heteroatoms. The molecule has 1 aliphatic rings. The molecule has 0 aliphatic carbocycles. The first kappa shape index (κ1) is 17.9. The Morgan fingerprint density at radius 2 is 2.19 bits per heavy atom. The molecule has 0 bridgehead atoms. The van der Waals surface area contributed by atoms with E-state index in [1.807, 2.05) is 24.4 Å². The number of hydrogen-bond acceptors (Lipinski definition) is 7. The third-order valence-electron chi connectivity index (χ3n) is 4.58. The molecule has 4 heterocycles. The molecule has 142 valence electrons. The Kier molecular flexibility index (Phi) is 5.04. The summed E-state index contributed by atoms with van der Waals surface area (Å²) in [5.74, 6) is 3.04. The van der Waals surface area contributed by atoms with Crippen molar-refractivity contribution in [1.82, 2.24) is 25.1 Å². The minimum atomic E-state index is -0.158. The van der Waals surface area contributed by atoms with Crippen molar-refractivity contribution in [3.63, 3.8) is 0 Å². The zero-order valence-electron chi connectivity index (χ0n) is 15.4. The van der Waals surface area contributed by atoms with Crippen LogP contribution in [-0.4, -0.2) is 38.7 Å². The Hall–Kier alpha value is -2.52. The number of carbonyl (C=O) groups is 1. The predicted octanol–water partition coefficient (Wildman–Crippen LogP) is 2.49. The van der Waals surface area contributed by atoms with E-state index in [4.69, 9.17) is 4.42 Å². The van der Waals surface area contributed by atoms with Gasteiger partial charge < -0.3 is 9.73 Å². The highest BCUT2D eigenvalue weighted by Crippen LogP contribution is 2.26. The number of aromatic nitrogens is 4. The third kappa shape index (κ3) is 4.09. The summed E-state index contributed by atoms with van der Waals surface area (Å²) >= 11 is 1.47. The van der Waals surface area contributed by atoms with Crippen molar-refractivity contribution in [1.29, 1.82) is 0 Å². The molecule has 4 rings (SSSR count). The minimum absolute atomic E-state index is 0.158. The molecule has 0 radical (unpaired) electrons. The molecular weight excluding hydrogens is 364 g/mol. The van der Waals surface area contributed by atoms with E-state index in [1.54, 1.807) is 11.7 Å². The second-order valence-corrected chi connectivity index (χ2v) is 7.58. The van der Waals surface area contributed by atoms with Gasteiger partial charge in [-0.05, 0) is 45.0 Å². The molecule has 1 aliphatic heterocycles. The van der Waals surface area contributed by atoms with Gasteiger partial charge in [-0.15, -0.1) is 11.3 Å². The third-order valence-corrected chi connectivity index (χ3v) is 5.49. The largest absolute Gasteiger partial charge is 0.459 e. The lowest BCUT2D eigenvalue weighted by Gasteiger charge is -2.19. The summed E-state index contributed by atoms with van der Waals surface area (Å²) in [7, 11) is 1.80. The molecule has 0 atom stereocenters. The number of carbonyl (C=O) groups excluding carboxylic acids is 1. The summed E-state index contributed by atoms with van der Waals surface area (Å²) in [6, 6.07) is 3.79. The fourth-order valence-electron chi connectivity index (χ4n) is 3.15. The maximum Gasteiger partial charge on any atom is 0.232 e. The number of piperidine rings is 1. The van der Waals surface area contributed by atoms with Crippen LogP contribution in [-0.2, 0) is 18.3 Å². The normalized spacial score (nSPS) is 15.2. The van der Waals surface area contributed by atoms with Crippen LogP contribution in [0, 0.1) is 6.92 Å². The lowest BCUT2D eigenvalue weighted by molar-refractivity contribution is -0.115. The standard InChI is InChI=1S/C18H22N6O2S/c1-11-3-4-14(26-11)17-20-13(10-27-17)9-15(25)21-18-22-16(23-24(18)2)12-5-7-19-8-6-12/h3-4,10,12,19H,5-9H2,1-2H3,(H,21,22,23,25). The summed E-state index contributed by atoms with van der Waals surface area (Å²) in [5.41, 5.74) is 0.710. The van der Waals surface area contributed by atoms with E-state index in [0.717, 1.165) is 48.3 Å². The molecule has 0 saturated carbocycles. The SMILES string of the molecule is Cc1ccc(-c2nc(CC(=O)Nc3nc(C4CCNCC4)nn3C)cs2)o1. The lowest BCUT2D eigenvalue weighted by Crippen LogP contribution is -2.27. The van der Waals surface area contributed by atoms with Crippen LogP contribution in [0.3, 0.4) is 0 Å². The van der Waals surface area contributed by atoms with Gasteiger partial charge in [-0.3, -0.25) is 10.1 Å². The van der Waals surface area contributed by atoms with E-state index in [0.29, 0.717) is 17.6 Å². The van der Waals surface area contributed by atoms with Gasteiger partial charge in [0.25, 0.3) is 0 Å². The number of rotatable bonds is 5. The molecule has 0 aromatic carbocycles. The molecule has 1 amide bonds. The molecule has 8 nitrogen and oxygen atoms in total. The summed E-state index contributed by atoms with van der Waals surface area (Å²) in [6.07, 6.45) is 2.22. The number of thiazole rings is 1. The first-order valence-electron chi connectivity index (χ1n) is 9.01. The molecule has 0 spiro atoms. The van der Waals surface area contributed by atoms with Gasteiger partial charge in [0.05, 0.1) is 12.1 Å². The van der Waals surface area contributed by atoms with E-state index in [9.17, 15) is 4.79 Å². The lowest BCUT2D eigenvalue weighted by atomic mass is 9.98. The highest BCUT2D eigenvalue weighted by atomic mass is 32.1. The smallest absolute Gasteiger partial charge is 0.232 e.